The molecule has 2 aromatic heterocycles. The highest BCUT2D eigenvalue weighted by atomic mass is 16.1. The van der Waals surface area contributed by atoms with E-state index in [9.17, 15) is 4.79 Å². The molecule has 4 heteroatoms. The van der Waals surface area contributed by atoms with Gasteiger partial charge in [0.1, 0.15) is 11.5 Å². The van der Waals surface area contributed by atoms with Gasteiger partial charge in [-0.2, -0.15) is 0 Å². The third-order valence-corrected chi connectivity index (χ3v) is 2.61. The van der Waals surface area contributed by atoms with Crippen LogP contribution in [-0.4, -0.2) is 15.9 Å². The highest BCUT2D eigenvalue weighted by Gasteiger charge is 2.10. The highest BCUT2D eigenvalue weighted by Crippen LogP contribution is 2.14. The van der Waals surface area contributed by atoms with Gasteiger partial charge in [0.2, 0.25) is 0 Å². The largest absolute Gasteiger partial charge is 0.369 e. The van der Waals surface area contributed by atoms with Crippen molar-refractivity contribution in [3.63, 3.8) is 0 Å². The lowest BCUT2D eigenvalue weighted by molar-refractivity contribution is 0.442. The van der Waals surface area contributed by atoms with Crippen LogP contribution in [0.4, 0.5) is 5.82 Å². The molecule has 0 aromatic carbocycles. The van der Waals surface area contributed by atoms with Crippen molar-refractivity contribution >= 4 is 11.5 Å². The van der Waals surface area contributed by atoms with E-state index in [0.29, 0.717) is 11.5 Å². The quantitative estimate of drug-likeness (QED) is 0.884. The molecule has 4 nitrogen and oxygen atoms in total. The number of pyridine rings is 1. The molecule has 0 amide bonds. The van der Waals surface area contributed by atoms with Crippen LogP contribution < -0.4 is 10.9 Å². The van der Waals surface area contributed by atoms with E-state index < -0.39 is 0 Å². The predicted molar refractivity (Wildman–Crippen MR) is 74.1 cm³/mol. The third kappa shape index (κ3) is 2.88. The maximum absolute atomic E-state index is 12.0. The van der Waals surface area contributed by atoms with Gasteiger partial charge in [-0.05, 0) is 24.0 Å². The third-order valence-electron chi connectivity index (χ3n) is 2.61. The van der Waals surface area contributed by atoms with E-state index in [-0.39, 0.29) is 11.0 Å². The summed E-state index contributed by atoms with van der Waals surface area (Å²) in [6, 6.07) is 5.35. The van der Waals surface area contributed by atoms with E-state index in [1.807, 2.05) is 19.1 Å². The van der Waals surface area contributed by atoms with Crippen LogP contribution in [0.25, 0.3) is 5.65 Å². The van der Waals surface area contributed by atoms with Crippen molar-refractivity contribution in [2.24, 2.45) is 5.41 Å². The first kappa shape index (κ1) is 12.6. The standard InChI is InChI=1S/C14H19N3O/c1-10-5-6-12-16-11(15-9-14(2,3)4)7-13(18)17(12)8-10/h5-8,15H,9H2,1-4H3. The molecule has 0 bridgehead atoms. The zero-order valence-electron chi connectivity index (χ0n) is 11.3. The molecule has 0 fully saturated rings. The van der Waals surface area contributed by atoms with E-state index in [2.05, 4.69) is 31.1 Å². The van der Waals surface area contributed by atoms with Crippen LogP contribution in [0.15, 0.2) is 29.2 Å². The molecular formula is C14H19N3O. The normalized spacial score (nSPS) is 11.8. The van der Waals surface area contributed by atoms with Crippen LogP contribution in [0.2, 0.25) is 0 Å². The number of aromatic nitrogens is 2. The summed E-state index contributed by atoms with van der Waals surface area (Å²) in [5, 5.41) is 3.21. The molecular weight excluding hydrogens is 226 g/mol. The summed E-state index contributed by atoms with van der Waals surface area (Å²) in [6.07, 6.45) is 1.80. The van der Waals surface area contributed by atoms with Gasteiger partial charge in [-0.3, -0.25) is 9.20 Å². The lowest BCUT2D eigenvalue weighted by Gasteiger charge is -2.19. The first-order valence-corrected chi connectivity index (χ1v) is 6.09. The first-order chi connectivity index (χ1) is 8.35. The summed E-state index contributed by atoms with van der Waals surface area (Å²) in [6.45, 7) is 9.14. The van der Waals surface area contributed by atoms with Gasteiger partial charge in [0.05, 0.1) is 0 Å². The van der Waals surface area contributed by atoms with E-state index in [1.165, 1.54) is 6.07 Å². The van der Waals surface area contributed by atoms with Crippen LogP contribution in [-0.2, 0) is 0 Å². The molecule has 0 spiro atoms. The van der Waals surface area contributed by atoms with Gasteiger partial charge in [-0.25, -0.2) is 4.98 Å². The van der Waals surface area contributed by atoms with Gasteiger partial charge in [-0.1, -0.05) is 26.8 Å². The van der Waals surface area contributed by atoms with Crippen LogP contribution in [0, 0.1) is 12.3 Å². The number of hydrogen-bond acceptors (Lipinski definition) is 3. The molecule has 18 heavy (non-hydrogen) atoms. The highest BCUT2D eigenvalue weighted by molar-refractivity contribution is 5.47. The second-order valence-corrected chi connectivity index (χ2v) is 5.83. The molecule has 0 unspecified atom stereocenters. The smallest absolute Gasteiger partial charge is 0.259 e. The average molecular weight is 245 g/mol. The fraction of sp³-hybridized carbons (Fsp3) is 0.429. The zero-order chi connectivity index (χ0) is 13.3. The lowest BCUT2D eigenvalue weighted by atomic mass is 9.97. The molecule has 0 aliphatic carbocycles. The van der Waals surface area contributed by atoms with E-state index in [1.54, 1.807) is 10.6 Å². The van der Waals surface area contributed by atoms with Gasteiger partial charge in [0.15, 0.2) is 0 Å². The Labute approximate surface area is 107 Å². The minimum atomic E-state index is -0.0555. The first-order valence-electron chi connectivity index (χ1n) is 6.09. The number of aryl methyl sites for hydroxylation is 1. The minimum Gasteiger partial charge on any atom is -0.369 e. The van der Waals surface area contributed by atoms with Gasteiger partial charge in [-0.15, -0.1) is 0 Å². The predicted octanol–water partition coefficient (Wildman–Crippen LogP) is 2.46. The van der Waals surface area contributed by atoms with Crippen LogP contribution in [0.5, 0.6) is 0 Å². The topological polar surface area (TPSA) is 46.4 Å². The molecule has 0 aliphatic rings. The van der Waals surface area contributed by atoms with Crippen molar-refractivity contribution in [3.8, 4) is 0 Å². The number of nitrogens with one attached hydrogen (secondary N) is 1. The molecule has 1 N–H and O–H groups in total. The Balaban J connectivity index is 2.38. The van der Waals surface area contributed by atoms with Gasteiger partial charge < -0.3 is 5.32 Å². The second-order valence-electron chi connectivity index (χ2n) is 5.83. The maximum atomic E-state index is 12.0. The van der Waals surface area contributed by atoms with Crippen molar-refractivity contribution in [2.75, 3.05) is 11.9 Å². The summed E-state index contributed by atoms with van der Waals surface area (Å²) in [7, 11) is 0. The number of fused-ring (bicyclic) bond motifs is 1. The van der Waals surface area contributed by atoms with Crippen LogP contribution in [0.3, 0.4) is 0 Å². The summed E-state index contributed by atoms with van der Waals surface area (Å²) >= 11 is 0. The van der Waals surface area contributed by atoms with Crippen LogP contribution >= 0.6 is 0 Å². The average Bonchev–Trinajstić information content (AvgIpc) is 2.26. The monoisotopic (exact) mass is 245 g/mol. The minimum absolute atomic E-state index is 0.0555. The van der Waals surface area contributed by atoms with Crippen molar-refractivity contribution in [3.05, 3.63) is 40.3 Å². The van der Waals surface area contributed by atoms with Crippen molar-refractivity contribution in [1.82, 2.24) is 9.38 Å². The lowest BCUT2D eigenvalue weighted by Crippen LogP contribution is -2.22. The van der Waals surface area contributed by atoms with Crippen molar-refractivity contribution < 1.29 is 0 Å². The van der Waals surface area contributed by atoms with Crippen LogP contribution in [0.1, 0.15) is 26.3 Å². The molecule has 0 atom stereocenters. The SMILES string of the molecule is Cc1ccc2nc(NCC(C)(C)C)cc(=O)n2c1. The summed E-state index contributed by atoms with van der Waals surface area (Å²) in [5.41, 5.74) is 1.81. The summed E-state index contributed by atoms with van der Waals surface area (Å²) in [4.78, 5) is 16.4. The Bertz CT molecular complexity index is 623. The number of rotatable bonds is 2. The molecule has 0 aliphatic heterocycles. The summed E-state index contributed by atoms with van der Waals surface area (Å²) in [5.74, 6) is 0.638. The molecule has 0 saturated heterocycles. The maximum Gasteiger partial charge on any atom is 0.259 e. The molecule has 96 valence electrons. The van der Waals surface area contributed by atoms with Gasteiger partial charge >= 0.3 is 0 Å². The Morgan fingerprint density at radius 3 is 2.72 bits per heavy atom. The van der Waals surface area contributed by atoms with E-state index >= 15 is 0 Å². The molecule has 0 saturated carbocycles. The number of nitrogens with zero attached hydrogens (tertiary/aromatic N) is 2. The summed E-state index contributed by atoms with van der Waals surface area (Å²) < 4.78 is 1.57. The van der Waals surface area contributed by atoms with Crippen molar-refractivity contribution in [2.45, 2.75) is 27.7 Å². The molecule has 0 radical (unpaired) electrons. The fourth-order valence-electron chi connectivity index (χ4n) is 1.66. The van der Waals surface area contributed by atoms with E-state index in [0.717, 1.165) is 12.1 Å². The van der Waals surface area contributed by atoms with E-state index in [4.69, 9.17) is 0 Å². The Morgan fingerprint density at radius 2 is 2.06 bits per heavy atom. The Hall–Kier alpha value is -1.84. The second kappa shape index (κ2) is 4.44. The molecule has 2 heterocycles. The zero-order valence-corrected chi connectivity index (χ0v) is 11.3. The number of hydrogen-bond donors (Lipinski definition) is 1. The van der Waals surface area contributed by atoms with Crippen molar-refractivity contribution in [1.29, 1.82) is 0 Å². The fourth-order valence-corrected chi connectivity index (χ4v) is 1.66. The van der Waals surface area contributed by atoms with Gasteiger partial charge in [0.25, 0.3) is 5.56 Å². The number of anilines is 1. The Morgan fingerprint density at radius 1 is 1.33 bits per heavy atom. The Kier molecular flexibility index (Phi) is 3.11. The molecule has 2 rings (SSSR count). The molecule has 2 aromatic rings. The van der Waals surface area contributed by atoms with Gasteiger partial charge in [0, 0.05) is 18.8 Å².